The van der Waals surface area contributed by atoms with Crippen LogP contribution in [0.25, 0.3) is 28.7 Å². The fourth-order valence-corrected chi connectivity index (χ4v) is 5.42. The molecule has 2 aromatic rings. The zero-order valence-corrected chi connectivity index (χ0v) is 21.5. The van der Waals surface area contributed by atoms with E-state index in [2.05, 4.69) is 53.1 Å². The first kappa shape index (κ1) is 24.0. The first-order valence-corrected chi connectivity index (χ1v) is 12.9. The topological polar surface area (TPSA) is 56.1 Å². The SMILES string of the molecule is C=C(c1ccc(Cn2cccc3nc(-c4ccccn4)nc2-3)c(OC)c1)N(C(C)C)C1CCCCC1. The zero-order valence-electron chi connectivity index (χ0n) is 21.5. The largest absolute Gasteiger partial charge is 0.496 e. The van der Waals surface area contributed by atoms with Crippen LogP contribution in [0.2, 0.25) is 0 Å². The molecule has 0 unspecified atom stereocenters. The number of nitrogens with zero attached hydrogens (tertiary/aromatic N) is 5. The second-order valence-electron chi connectivity index (χ2n) is 9.87. The Hall–Kier alpha value is -3.67. The number of benzene rings is 1. The molecule has 0 amide bonds. The highest BCUT2D eigenvalue weighted by Crippen LogP contribution is 2.33. The Morgan fingerprint density at radius 3 is 2.58 bits per heavy atom. The van der Waals surface area contributed by atoms with Crippen molar-refractivity contribution in [1.29, 1.82) is 0 Å². The van der Waals surface area contributed by atoms with E-state index in [0.717, 1.165) is 39.8 Å². The van der Waals surface area contributed by atoms with Crippen LogP contribution in [-0.4, -0.2) is 43.6 Å². The average Bonchev–Trinajstić information content (AvgIpc) is 3.35. The van der Waals surface area contributed by atoms with Gasteiger partial charge in [-0.25, -0.2) is 9.97 Å². The van der Waals surface area contributed by atoms with Crippen molar-refractivity contribution in [2.45, 2.75) is 64.6 Å². The van der Waals surface area contributed by atoms with E-state index < -0.39 is 0 Å². The van der Waals surface area contributed by atoms with Crippen LogP contribution in [-0.2, 0) is 6.54 Å². The number of rotatable bonds is 8. The number of hydrogen-bond donors (Lipinski definition) is 0. The standard InChI is InChI=1S/C30H35N5O/c1-21(2)35(25-11-6-5-7-12-25)22(3)23-15-16-24(28(19-23)36-4)20-34-18-10-14-27-30(34)33-29(32-27)26-13-8-9-17-31-26/h8-10,13-19,21,25H,3,5-7,11-12,20H2,1-2,4H3. The molecule has 1 fully saturated rings. The number of fused-ring (bicyclic) bond motifs is 1. The summed E-state index contributed by atoms with van der Waals surface area (Å²) >= 11 is 0. The Labute approximate surface area is 214 Å². The molecule has 0 saturated heterocycles. The minimum absolute atomic E-state index is 0.406. The lowest BCUT2D eigenvalue weighted by molar-refractivity contribution is 0.195. The number of imidazole rings is 1. The predicted molar refractivity (Wildman–Crippen MR) is 145 cm³/mol. The number of aromatic nitrogens is 4. The number of pyridine rings is 2. The van der Waals surface area contributed by atoms with E-state index in [9.17, 15) is 0 Å². The molecule has 1 aromatic heterocycles. The lowest BCUT2D eigenvalue weighted by atomic mass is 9.92. The summed E-state index contributed by atoms with van der Waals surface area (Å²) in [7, 11) is 1.74. The summed E-state index contributed by atoms with van der Waals surface area (Å²) in [5.41, 5.74) is 4.90. The van der Waals surface area contributed by atoms with Gasteiger partial charge in [-0.05, 0) is 57.0 Å². The second-order valence-corrected chi connectivity index (χ2v) is 9.87. The third kappa shape index (κ3) is 4.85. The van der Waals surface area contributed by atoms with Crippen LogP contribution in [0, 0.1) is 0 Å². The van der Waals surface area contributed by atoms with Crippen LogP contribution < -0.4 is 4.74 Å². The Balaban J connectivity index is 1.42. The summed E-state index contributed by atoms with van der Waals surface area (Å²) in [6, 6.07) is 17.2. The number of methoxy groups -OCH3 is 1. The van der Waals surface area contributed by atoms with Gasteiger partial charge >= 0.3 is 0 Å². The highest BCUT2D eigenvalue weighted by Gasteiger charge is 2.25. The molecule has 1 aromatic carbocycles. The smallest absolute Gasteiger partial charge is 0.180 e. The van der Waals surface area contributed by atoms with Gasteiger partial charge in [-0.2, -0.15) is 0 Å². The summed E-state index contributed by atoms with van der Waals surface area (Å²) in [4.78, 5) is 16.4. The van der Waals surface area contributed by atoms with E-state index >= 15 is 0 Å². The van der Waals surface area contributed by atoms with Gasteiger partial charge in [0.1, 0.15) is 17.1 Å². The van der Waals surface area contributed by atoms with Crippen LogP contribution in [0.5, 0.6) is 5.75 Å². The molecule has 0 spiro atoms. The number of ether oxygens (including phenoxy) is 1. The maximum atomic E-state index is 5.86. The fraction of sp³-hybridized carbons (Fsp3) is 0.367. The second kappa shape index (κ2) is 10.5. The third-order valence-electron chi connectivity index (χ3n) is 7.15. The van der Waals surface area contributed by atoms with Crippen molar-refractivity contribution in [3.63, 3.8) is 0 Å². The molecule has 2 aliphatic heterocycles. The Morgan fingerprint density at radius 1 is 1.06 bits per heavy atom. The Kier molecular flexibility index (Phi) is 7.03. The third-order valence-corrected chi connectivity index (χ3v) is 7.15. The van der Waals surface area contributed by atoms with Gasteiger partial charge in [0.25, 0.3) is 0 Å². The lowest BCUT2D eigenvalue weighted by Gasteiger charge is -2.40. The van der Waals surface area contributed by atoms with Crippen molar-refractivity contribution in [3.8, 4) is 28.8 Å². The molecule has 6 heteroatoms. The van der Waals surface area contributed by atoms with Crippen molar-refractivity contribution >= 4 is 5.70 Å². The van der Waals surface area contributed by atoms with Crippen molar-refractivity contribution in [2.75, 3.05) is 7.11 Å². The van der Waals surface area contributed by atoms with Crippen LogP contribution >= 0.6 is 0 Å². The molecule has 1 aliphatic carbocycles. The van der Waals surface area contributed by atoms with E-state index in [1.54, 1.807) is 13.3 Å². The molecular formula is C30H35N5O. The van der Waals surface area contributed by atoms with Crippen molar-refractivity contribution in [3.05, 3.63) is 78.6 Å². The molecule has 0 N–H and O–H groups in total. The summed E-state index contributed by atoms with van der Waals surface area (Å²) < 4.78 is 7.98. The first-order valence-electron chi connectivity index (χ1n) is 12.9. The monoisotopic (exact) mass is 481 g/mol. The molecule has 36 heavy (non-hydrogen) atoms. The highest BCUT2D eigenvalue weighted by molar-refractivity contribution is 5.65. The van der Waals surface area contributed by atoms with Gasteiger partial charge in [0, 0.05) is 41.3 Å². The van der Waals surface area contributed by atoms with E-state index in [1.807, 2.05) is 36.5 Å². The molecule has 0 atom stereocenters. The van der Waals surface area contributed by atoms with E-state index in [1.165, 1.54) is 32.1 Å². The minimum atomic E-state index is 0.406. The van der Waals surface area contributed by atoms with Gasteiger partial charge in [-0.3, -0.25) is 4.98 Å². The van der Waals surface area contributed by atoms with E-state index in [0.29, 0.717) is 24.5 Å². The van der Waals surface area contributed by atoms with Gasteiger partial charge < -0.3 is 14.2 Å². The quantitative estimate of drug-likeness (QED) is 0.287. The highest BCUT2D eigenvalue weighted by atomic mass is 16.5. The molecule has 3 heterocycles. The van der Waals surface area contributed by atoms with Crippen molar-refractivity contribution in [2.24, 2.45) is 0 Å². The molecule has 6 nitrogen and oxygen atoms in total. The predicted octanol–water partition coefficient (Wildman–Crippen LogP) is 6.52. The van der Waals surface area contributed by atoms with Gasteiger partial charge in [0.15, 0.2) is 11.6 Å². The van der Waals surface area contributed by atoms with Crippen LogP contribution in [0.1, 0.15) is 57.1 Å². The first-order chi connectivity index (χ1) is 17.5. The maximum Gasteiger partial charge on any atom is 0.180 e. The normalized spacial score (nSPS) is 14.3. The molecule has 1 saturated carbocycles. The van der Waals surface area contributed by atoms with E-state index in [-0.39, 0.29) is 0 Å². The van der Waals surface area contributed by atoms with Gasteiger partial charge in [0.2, 0.25) is 0 Å². The van der Waals surface area contributed by atoms with Gasteiger partial charge in [-0.15, -0.1) is 0 Å². The fourth-order valence-electron chi connectivity index (χ4n) is 5.42. The molecule has 5 rings (SSSR count). The average molecular weight is 482 g/mol. The molecule has 0 radical (unpaired) electrons. The van der Waals surface area contributed by atoms with Gasteiger partial charge in [-0.1, -0.05) is 44.0 Å². The lowest BCUT2D eigenvalue weighted by Crippen LogP contribution is -2.39. The van der Waals surface area contributed by atoms with Crippen LogP contribution in [0.3, 0.4) is 0 Å². The van der Waals surface area contributed by atoms with Crippen molar-refractivity contribution < 1.29 is 4.74 Å². The summed E-state index contributed by atoms with van der Waals surface area (Å²) in [5.74, 6) is 2.33. The van der Waals surface area contributed by atoms with E-state index in [4.69, 9.17) is 14.7 Å². The molecular weight excluding hydrogens is 446 g/mol. The molecule has 0 bridgehead atoms. The summed E-state index contributed by atoms with van der Waals surface area (Å²) in [6.45, 7) is 9.69. The maximum absolute atomic E-state index is 5.86. The Morgan fingerprint density at radius 2 is 1.86 bits per heavy atom. The summed E-state index contributed by atoms with van der Waals surface area (Å²) in [5, 5.41) is 0. The number of hydrogen-bond acceptors (Lipinski definition) is 5. The Bertz CT molecular complexity index is 1290. The van der Waals surface area contributed by atoms with Crippen LogP contribution in [0.4, 0.5) is 0 Å². The van der Waals surface area contributed by atoms with Gasteiger partial charge in [0.05, 0.1) is 13.7 Å². The zero-order chi connectivity index (χ0) is 25.1. The molecule has 3 aliphatic rings. The summed E-state index contributed by atoms with van der Waals surface area (Å²) in [6.07, 6.45) is 10.2. The minimum Gasteiger partial charge on any atom is -0.496 e. The van der Waals surface area contributed by atoms with Crippen molar-refractivity contribution in [1.82, 2.24) is 24.4 Å². The molecule has 186 valence electrons. The van der Waals surface area contributed by atoms with Crippen LogP contribution in [0.15, 0.2) is 67.5 Å².